The molecule has 0 saturated carbocycles. The Balaban J connectivity index is 2.68. The van der Waals surface area contributed by atoms with Gasteiger partial charge in [-0.25, -0.2) is 18.4 Å². The van der Waals surface area contributed by atoms with Crippen LogP contribution in [0.3, 0.4) is 0 Å². The Kier molecular flexibility index (Phi) is 9.00. The normalized spacial score (nSPS) is 11.5. The van der Waals surface area contributed by atoms with E-state index in [9.17, 15) is 28.0 Å². The summed E-state index contributed by atoms with van der Waals surface area (Å²) in [5, 5.41) is 6.58. The zero-order valence-electron chi connectivity index (χ0n) is 15.8. The van der Waals surface area contributed by atoms with Crippen LogP contribution in [0.1, 0.15) is 37.6 Å². The maximum absolute atomic E-state index is 13.7. The number of ether oxygens (including phenoxy) is 1. The van der Waals surface area contributed by atoms with Gasteiger partial charge in [0.2, 0.25) is 0 Å². The molecule has 4 amide bonds. The zero-order chi connectivity index (χ0) is 21.3. The fourth-order valence-electron chi connectivity index (χ4n) is 2.10. The molecule has 0 aliphatic carbocycles. The summed E-state index contributed by atoms with van der Waals surface area (Å²) in [4.78, 5) is 47.3. The lowest BCUT2D eigenvalue weighted by Crippen LogP contribution is -2.47. The van der Waals surface area contributed by atoms with Gasteiger partial charge >= 0.3 is 12.0 Å². The molecule has 1 aromatic rings. The number of carbonyl (C=O) groups excluding carboxylic acids is 4. The Morgan fingerprint density at radius 3 is 2.25 bits per heavy atom. The van der Waals surface area contributed by atoms with Crippen LogP contribution in [-0.2, 0) is 14.3 Å². The van der Waals surface area contributed by atoms with Crippen molar-refractivity contribution < 1.29 is 32.7 Å². The number of hydrogen-bond acceptors (Lipinski definition) is 5. The van der Waals surface area contributed by atoms with Crippen molar-refractivity contribution in [2.45, 2.75) is 33.2 Å². The Morgan fingerprint density at radius 2 is 1.71 bits per heavy atom. The van der Waals surface area contributed by atoms with E-state index >= 15 is 0 Å². The minimum absolute atomic E-state index is 0.368. The van der Waals surface area contributed by atoms with Gasteiger partial charge in [0.15, 0.2) is 6.61 Å². The first-order valence-corrected chi connectivity index (χ1v) is 8.66. The molecule has 10 heteroatoms. The smallest absolute Gasteiger partial charge is 0.329 e. The van der Waals surface area contributed by atoms with Crippen molar-refractivity contribution in [3.8, 4) is 0 Å². The van der Waals surface area contributed by atoms with E-state index in [1.807, 2.05) is 12.2 Å². The number of carbonyl (C=O) groups is 4. The lowest BCUT2D eigenvalue weighted by molar-refractivity contribution is -0.151. The van der Waals surface area contributed by atoms with Crippen LogP contribution in [0.15, 0.2) is 18.2 Å². The zero-order valence-corrected chi connectivity index (χ0v) is 15.8. The van der Waals surface area contributed by atoms with Crippen molar-refractivity contribution in [3.63, 3.8) is 0 Å². The molecule has 0 bridgehead atoms. The lowest BCUT2D eigenvalue weighted by atomic mass is 10.0. The fourth-order valence-corrected chi connectivity index (χ4v) is 2.10. The van der Waals surface area contributed by atoms with Gasteiger partial charge in [-0.15, -0.1) is 0 Å². The Labute approximate surface area is 161 Å². The molecule has 3 N–H and O–H groups in total. The Morgan fingerprint density at radius 1 is 1.11 bits per heavy atom. The molecule has 0 aliphatic rings. The van der Waals surface area contributed by atoms with Crippen molar-refractivity contribution >= 4 is 23.8 Å². The van der Waals surface area contributed by atoms with Gasteiger partial charge in [0.1, 0.15) is 23.2 Å². The molecule has 0 aliphatic heterocycles. The topological polar surface area (TPSA) is 114 Å². The predicted octanol–water partition coefficient (Wildman–Crippen LogP) is 1.50. The molecule has 8 nitrogen and oxygen atoms in total. The van der Waals surface area contributed by atoms with E-state index < -0.39 is 59.6 Å². The molecule has 1 rings (SSSR count). The third-order valence-electron chi connectivity index (χ3n) is 3.53. The van der Waals surface area contributed by atoms with E-state index in [1.165, 1.54) is 0 Å². The minimum atomic E-state index is -1.26. The number of benzene rings is 1. The van der Waals surface area contributed by atoms with Crippen molar-refractivity contribution in [2.75, 3.05) is 13.2 Å². The Bertz CT molecular complexity index is 720. The number of esters is 1. The van der Waals surface area contributed by atoms with E-state index in [4.69, 9.17) is 4.74 Å². The monoisotopic (exact) mass is 399 g/mol. The number of rotatable bonds is 8. The van der Waals surface area contributed by atoms with Crippen molar-refractivity contribution in [1.82, 2.24) is 16.0 Å². The third kappa shape index (κ3) is 6.93. The van der Waals surface area contributed by atoms with Gasteiger partial charge in [-0.2, -0.15) is 0 Å². The molecular formula is C18H23F2N3O5. The molecule has 0 fully saturated rings. The summed E-state index contributed by atoms with van der Waals surface area (Å²) in [6.07, 6.45) is 0.676. The standard InChI is InChI=1S/C18H23F2N3O5/c1-4-8-21-18(27)22-13(24)9-28-17(26)15(10(2)3)23-16(25)14-11(19)6-5-7-12(14)20/h5-7,10,15H,4,8-9H2,1-3H3,(H,23,25)(H2,21,22,24,27)/t15-/m0/s1. The van der Waals surface area contributed by atoms with Crippen LogP contribution in [0.5, 0.6) is 0 Å². The molecule has 0 saturated heterocycles. The molecule has 28 heavy (non-hydrogen) atoms. The predicted molar refractivity (Wildman–Crippen MR) is 95.2 cm³/mol. The molecule has 154 valence electrons. The van der Waals surface area contributed by atoms with Crippen LogP contribution >= 0.6 is 0 Å². The van der Waals surface area contributed by atoms with Crippen LogP contribution in [0, 0.1) is 17.6 Å². The summed E-state index contributed by atoms with van der Waals surface area (Å²) in [5.41, 5.74) is -0.828. The molecule has 0 spiro atoms. The number of amides is 4. The third-order valence-corrected chi connectivity index (χ3v) is 3.53. The molecule has 0 unspecified atom stereocenters. The number of nitrogens with one attached hydrogen (secondary N) is 3. The van der Waals surface area contributed by atoms with Crippen molar-refractivity contribution in [2.24, 2.45) is 5.92 Å². The van der Waals surface area contributed by atoms with E-state index in [1.54, 1.807) is 13.8 Å². The number of urea groups is 1. The summed E-state index contributed by atoms with van der Waals surface area (Å²) in [5.74, 6) is -5.63. The first kappa shape index (κ1) is 23.0. The molecule has 0 aromatic heterocycles. The van der Waals surface area contributed by atoms with Gasteiger partial charge < -0.3 is 15.4 Å². The highest BCUT2D eigenvalue weighted by molar-refractivity contribution is 5.98. The maximum atomic E-state index is 13.7. The van der Waals surface area contributed by atoms with E-state index in [0.29, 0.717) is 13.0 Å². The first-order chi connectivity index (χ1) is 13.2. The molecule has 0 radical (unpaired) electrons. The average Bonchev–Trinajstić information content (AvgIpc) is 2.62. The Hall–Kier alpha value is -3.04. The van der Waals surface area contributed by atoms with Crippen LogP contribution in [0.2, 0.25) is 0 Å². The molecule has 0 heterocycles. The van der Waals surface area contributed by atoms with Crippen LogP contribution in [0.25, 0.3) is 0 Å². The first-order valence-electron chi connectivity index (χ1n) is 8.66. The second-order valence-electron chi connectivity index (χ2n) is 6.20. The van der Waals surface area contributed by atoms with Gasteiger partial charge in [0.25, 0.3) is 11.8 Å². The summed E-state index contributed by atoms with van der Waals surface area (Å²) < 4.78 is 32.2. The largest absolute Gasteiger partial charge is 0.454 e. The maximum Gasteiger partial charge on any atom is 0.329 e. The highest BCUT2D eigenvalue weighted by Crippen LogP contribution is 2.13. The highest BCUT2D eigenvalue weighted by atomic mass is 19.1. The van der Waals surface area contributed by atoms with Gasteiger partial charge in [-0.05, 0) is 24.5 Å². The molecular weight excluding hydrogens is 376 g/mol. The SMILES string of the molecule is CCCNC(=O)NC(=O)COC(=O)[C@@H](NC(=O)c1c(F)cccc1F)C(C)C. The second kappa shape index (κ2) is 11.0. The van der Waals surface area contributed by atoms with Crippen LogP contribution in [-0.4, -0.2) is 43.0 Å². The minimum Gasteiger partial charge on any atom is -0.454 e. The average molecular weight is 399 g/mol. The van der Waals surface area contributed by atoms with Gasteiger partial charge in [-0.3, -0.25) is 14.9 Å². The van der Waals surface area contributed by atoms with Crippen LogP contribution in [0.4, 0.5) is 13.6 Å². The van der Waals surface area contributed by atoms with Gasteiger partial charge in [-0.1, -0.05) is 26.8 Å². The van der Waals surface area contributed by atoms with Gasteiger partial charge in [0, 0.05) is 6.54 Å². The summed E-state index contributed by atoms with van der Waals surface area (Å²) in [7, 11) is 0. The lowest BCUT2D eigenvalue weighted by Gasteiger charge is -2.21. The highest BCUT2D eigenvalue weighted by Gasteiger charge is 2.29. The number of imide groups is 1. The second-order valence-corrected chi connectivity index (χ2v) is 6.20. The van der Waals surface area contributed by atoms with Crippen molar-refractivity contribution in [3.05, 3.63) is 35.4 Å². The summed E-state index contributed by atoms with van der Waals surface area (Å²) in [6, 6.07) is 0.939. The number of hydrogen-bond donors (Lipinski definition) is 3. The van der Waals surface area contributed by atoms with Crippen LogP contribution < -0.4 is 16.0 Å². The van der Waals surface area contributed by atoms with Gasteiger partial charge in [0.05, 0.1) is 0 Å². The van der Waals surface area contributed by atoms with E-state index in [-0.39, 0.29) is 0 Å². The summed E-state index contributed by atoms with van der Waals surface area (Å²) in [6.45, 7) is 4.58. The van der Waals surface area contributed by atoms with Crippen molar-refractivity contribution in [1.29, 1.82) is 0 Å². The van der Waals surface area contributed by atoms with E-state index in [2.05, 4.69) is 10.6 Å². The number of halogens is 2. The quantitative estimate of drug-likeness (QED) is 0.574. The molecule has 1 atom stereocenters. The van der Waals surface area contributed by atoms with E-state index in [0.717, 1.165) is 18.2 Å². The fraction of sp³-hybridized carbons (Fsp3) is 0.444. The summed E-state index contributed by atoms with van der Waals surface area (Å²) >= 11 is 0. The molecule has 1 aromatic carbocycles.